The molecule has 102 valence electrons. The Kier molecular flexibility index (Phi) is 4.15. The van der Waals surface area contributed by atoms with E-state index in [9.17, 15) is 14.4 Å². The zero-order valence-electron chi connectivity index (χ0n) is 10.6. The maximum absolute atomic E-state index is 12.2. The number of esters is 1. The van der Waals surface area contributed by atoms with Crippen LogP contribution in [0.1, 0.15) is 17.3 Å². The first-order valence-electron chi connectivity index (χ1n) is 5.88. The second-order valence-corrected chi connectivity index (χ2v) is 4.66. The molecule has 20 heavy (non-hydrogen) atoms. The Morgan fingerprint density at radius 2 is 1.80 bits per heavy atom. The standard InChI is InChI=1S/C15H11ClO4/c1-9(17)20-14-8-11(4-7-13(14)18)15(19)10-2-5-12(16)6-3-10/h2-8,14H,1H3/t14-/m1/s1. The van der Waals surface area contributed by atoms with Gasteiger partial charge in [0.05, 0.1) is 0 Å². The normalized spacial score (nSPS) is 17.6. The van der Waals surface area contributed by atoms with Crippen LogP contribution in [0.4, 0.5) is 0 Å². The third-order valence-electron chi connectivity index (χ3n) is 2.70. The maximum Gasteiger partial charge on any atom is 0.303 e. The molecule has 1 atom stereocenters. The van der Waals surface area contributed by atoms with Crippen molar-refractivity contribution >= 4 is 29.1 Å². The van der Waals surface area contributed by atoms with E-state index in [0.29, 0.717) is 16.2 Å². The number of rotatable bonds is 3. The van der Waals surface area contributed by atoms with Crippen molar-refractivity contribution in [2.45, 2.75) is 13.0 Å². The van der Waals surface area contributed by atoms with E-state index in [-0.39, 0.29) is 11.6 Å². The lowest BCUT2D eigenvalue weighted by Crippen LogP contribution is -2.26. The van der Waals surface area contributed by atoms with Crippen LogP contribution in [0.2, 0.25) is 5.02 Å². The molecule has 0 saturated carbocycles. The zero-order chi connectivity index (χ0) is 14.7. The van der Waals surface area contributed by atoms with Gasteiger partial charge in [0.1, 0.15) is 0 Å². The van der Waals surface area contributed by atoms with Crippen molar-refractivity contribution in [3.63, 3.8) is 0 Å². The molecule has 1 aromatic rings. The predicted molar refractivity (Wildman–Crippen MR) is 73.6 cm³/mol. The molecule has 0 aromatic heterocycles. The molecule has 5 heteroatoms. The Morgan fingerprint density at radius 3 is 2.40 bits per heavy atom. The van der Waals surface area contributed by atoms with E-state index in [4.69, 9.17) is 16.3 Å². The molecule has 4 nitrogen and oxygen atoms in total. The van der Waals surface area contributed by atoms with Gasteiger partial charge < -0.3 is 4.74 Å². The Bertz CT molecular complexity index is 626. The molecule has 0 N–H and O–H groups in total. The SMILES string of the molecule is CC(=O)O[C@@H]1C=C(C(=O)c2ccc(Cl)cc2)C=CC1=O. The Labute approximate surface area is 120 Å². The predicted octanol–water partition coefficient (Wildman–Crippen LogP) is 2.52. The first-order chi connectivity index (χ1) is 9.47. The summed E-state index contributed by atoms with van der Waals surface area (Å²) >= 11 is 5.76. The highest BCUT2D eigenvalue weighted by molar-refractivity contribution is 6.30. The fourth-order valence-corrected chi connectivity index (χ4v) is 1.88. The monoisotopic (exact) mass is 290 g/mol. The quantitative estimate of drug-likeness (QED) is 0.634. The summed E-state index contributed by atoms with van der Waals surface area (Å²) in [7, 11) is 0. The molecule has 0 saturated heterocycles. The van der Waals surface area contributed by atoms with Gasteiger partial charge in [0.25, 0.3) is 0 Å². The van der Waals surface area contributed by atoms with Crippen LogP contribution < -0.4 is 0 Å². The summed E-state index contributed by atoms with van der Waals surface area (Å²) in [6.45, 7) is 1.21. The molecule has 0 fully saturated rings. The molecule has 0 aliphatic heterocycles. The molecule has 0 amide bonds. The van der Waals surface area contributed by atoms with Crippen LogP contribution in [0, 0.1) is 0 Å². The minimum atomic E-state index is -1.04. The molecule has 1 aliphatic rings. The summed E-state index contributed by atoms with van der Waals surface area (Å²) in [5, 5.41) is 0.530. The van der Waals surface area contributed by atoms with Gasteiger partial charge in [-0.1, -0.05) is 11.6 Å². The van der Waals surface area contributed by atoms with Gasteiger partial charge in [-0.05, 0) is 42.5 Å². The van der Waals surface area contributed by atoms with Gasteiger partial charge in [0.2, 0.25) is 0 Å². The topological polar surface area (TPSA) is 60.4 Å². The minimum Gasteiger partial charge on any atom is -0.450 e. The van der Waals surface area contributed by atoms with E-state index in [1.165, 1.54) is 25.2 Å². The lowest BCUT2D eigenvalue weighted by atomic mass is 9.96. The van der Waals surface area contributed by atoms with E-state index in [0.717, 1.165) is 0 Å². The third kappa shape index (κ3) is 3.22. The van der Waals surface area contributed by atoms with Crippen molar-refractivity contribution in [3.05, 3.63) is 58.7 Å². The highest BCUT2D eigenvalue weighted by atomic mass is 35.5. The number of carbonyl (C=O) groups is 3. The van der Waals surface area contributed by atoms with Crippen molar-refractivity contribution in [2.24, 2.45) is 0 Å². The van der Waals surface area contributed by atoms with E-state index in [1.54, 1.807) is 24.3 Å². The molecule has 1 aromatic carbocycles. The first-order valence-corrected chi connectivity index (χ1v) is 6.26. The summed E-state index contributed by atoms with van der Waals surface area (Å²) in [5.74, 6) is -1.20. The number of hydrogen-bond donors (Lipinski definition) is 0. The van der Waals surface area contributed by atoms with E-state index in [1.807, 2.05) is 0 Å². The minimum absolute atomic E-state index is 0.262. The smallest absolute Gasteiger partial charge is 0.303 e. The lowest BCUT2D eigenvalue weighted by molar-refractivity contribution is -0.148. The Hall–Kier alpha value is -2.20. The van der Waals surface area contributed by atoms with Gasteiger partial charge in [0, 0.05) is 23.1 Å². The van der Waals surface area contributed by atoms with Crippen LogP contribution in [0.25, 0.3) is 0 Å². The largest absolute Gasteiger partial charge is 0.450 e. The molecule has 0 heterocycles. The lowest BCUT2D eigenvalue weighted by Gasteiger charge is -2.15. The Morgan fingerprint density at radius 1 is 1.15 bits per heavy atom. The van der Waals surface area contributed by atoms with Crippen molar-refractivity contribution in [1.82, 2.24) is 0 Å². The zero-order valence-corrected chi connectivity index (χ0v) is 11.4. The van der Waals surface area contributed by atoms with Crippen LogP contribution in [0.3, 0.4) is 0 Å². The van der Waals surface area contributed by atoms with E-state index < -0.39 is 12.1 Å². The second kappa shape index (κ2) is 5.84. The molecule has 0 radical (unpaired) electrons. The number of hydrogen-bond acceptors (Lipinski definition) is 4. The molecule has 2 rings (SSSR count). The first kappa shape index (κ1) is 14.2. The van der Waals surface area contributed by atoms with Gasteiger partial charge in [-0.3, -0.25) is 14.4 Å². The number of Topliss-reactive ketones (excluding diaryl/α,β-unsaturated/α-hetero) is 1. The van der Waals surface area contributed by atoms with Gasteiger partial charge in [-0.25, -0.2) is 0 Å². The van der Waals surface area contributed by atoms with Crippen molar-refractivity contribution in [1.29, 1.82) is 0 Å². The van der Waals surface area contributed by atoms with Gasteiger partial charge in [0.15, 0.2) is 17.7 Å². The summed E-state index contributed by atoms with van der Waals surface area (Å²) in [5.41, 5.74) is 0.749. The highest BCUT2D eigenvalue weighted by Crippen LogP contribution is 2.18. The van der Waals surface area contributed by atoms with Crippen LogP contribution in [-0.4, -0.2) is 23.6 Å². The average Bonchev–Trinajstić information content (AvgIpc) is 2.41. The molecule has 1 aliphatic carbocycles. The maximum atomic E-state index is 12.2. The summed E-state index contributed by atoms with van der Waals surface area (Å²) in [6, 6.07) is 6.40. The number of allylic oxidation sites excluding steroid dienone is 2. The van der Waals surface area contributed by atoms with Crippen LogP contribution in [-0.2, 0) is 14.3 Å². The van der Waals surface area contributed by atoms with Crippen molar-refractivity contribution in [3.8, 4) is 0 Å². The number of halogens is 1. The van der Waals surface area contributed by atoms with Crippen molar-refractivity contribution < 1.29 is 19.1 Å². The van der Waals surface area contributed by atoms with Gasteiger partial charge >= 0.3 is 5.97 Å². The number of ether oxygens (including phenoxy) is 1. The molecular formula is C15H11ClO4. The van der Waals surface area contributed by atoms with Gasteiger partial charge in [-0.2, -0.15) is 0 Å². The van der Waals surface area contributed by atoms with E-state index >= 15 is 0 Å². The number of ketones is 2. The fraction of sp³-hybridized carbons (Fsp3) is 0.133. The van der Waals surface area contributed by atoms with E-state index in [2.05, 4.69) is 0 Å². The van der Waals surface area contributed by atoms with Crippen molar-refractivity contribution in [2.75, 3.05) is 0 Å². The molecule has 0 spiro atoms. The molecular weight excluding hydrogens is 280 g/mol. The van der Waals surface area contributed by atoms with Crippen LogP contribution >= 0.6 is 11.6 Å². The number of carbonyl (C=O) groups excluding carboxylic acids is 3. The highest BCUT2D eigenvalue weighted by Gasteiger charge is 2.23. The third-order valence-corrected chi connectivity index (χ3v) is 2.95. The second-order valence-electron chi connectivity index (χ2n) is 4.22. The average molecular weight is 291 g/mol. The molecule has 0 bridgehead atoms. The summed E-state index contributed by atoms with van der Waals surface area (Å²) in [6.07, 6.45) is 2.96. The van der Waals surface area contributed by atoms with Gasteiger partial charge in [-0.15, -0.1) is 0 Å². The Balaban J connectivity index is 2.25. The summed E-state index contributed by atoms with van der Waals surface area (Å²) < 4.78 is 4.85. The number of benzene rings is 1. The fourth-order valence-electron chi connectivity index (χ4n) is 1.76. The van der Waals surface area contributed by atoms with Crippen LogP contribution in [0.5, 0.6) is 0 Å². The summed E-state index contributed by atoms with van der Waals surface area (Å²) in [4.78, 5) is 34.7. The molecule has 0 unspecified atom stereocenters. The van der Waals surface area contributed by atoms with Crippen LogP contribution in [0.15, 0.2) is 48.1 Å².